The summed E-state index contributed by atoms with van der Waals surface area (Å²) in [7, 11) is 0. The molecule has 18 heavy (non-hydrogen) atoms. The van der Waals surface area contributed by atoms with Gasteiger partial charge >= 0.3 is 0 Å². The van der Waals surface area contributed by atoms with Crippen LogP contribution in [0.25, 0.3) is 0 Å². The van der Waals surface area contributed by atoms with E-state index >= 15 is 0 Å². The van der Waals surface area contributed by atoms with Gasteiger partial charge in [-0.15, -0.1) is 12.4 Å². The first-order chi connectivity index (χ1) is 7.83. The molecule has 0 aliphatic carbocycles. The molecule has 0 aliphatic rings. The molecule has 0 atom stereocenters. The molecule has 0 saturated carbocycles. The zero-order valence-corrected chi connectivity index (χ0v) is 11.2. The van der Waals surface area contributed by atoms with Gasteiger partial charge in [-0.25, -0.2) is 0 Å². The number of anilines is 1. The van der Waals surface area contributed by atoms with Crippen LogP contribution in [0.2, 0.25) is 0 Å². The number of rotatable bonds is 4. The minimum Gasteiger partial charge on any atom is -0.399 e. The number of benzene rings is 1. The Morgan fingerprint density at radius 1 is 1.33 bits per heavy atom. The average Bonchev–Trinajstić information content (AvgIpc) is 2.25. The summed E-state index contributed by atoms with van der Waals surface area (Å²) in [6.07, 6.45) is 0. The van der Waals surface area contributed by atoms with Crippen LogP contribution in [0.1, 0.15) is 24.2 Å². The lowest BCUT2D eigenvalue weighted by atomic mass is 9.92. The number of amides is 2. The standard InChI is InChI=1S/C12H17N3O2.ClH/c1-12(2,11(14)17)7-15-10(16)8-4-3-5-9(13)6-8;/h3-6H,7,13H2,1-2H3,(H2,14,17)(H,15,16);1H. The zero-order chi connectivity index (χ0) is 13.1. The molecular formula is C12H18ClN3O2. The summed E-state index contributed by atoms with van der Waals surface area (Å²) in [4.78, 5) is 22.8. The molecule has 0 bridgehead atoms. The Balaban J connectivity index is 0.00000289. The van der Waals surface area contributed by atoms with Gasteiger partial charge in [-0.2, -0.15) is 0 Å². The van der Waals surface area contributed by atoms with Gasteiger partial charge in [0.15, 0.2) is 0 Å². The maximum atomic E-state index is 11.7. The Hall–Kier alpha value is -1.75. The second-order valence-corrected chi connectivity index (χ2v) is 4.56. The number of carbonyl (C=O) groups is 2. The zero-order valence-electron chi connectivity index (χ0n) is 10.4. The lowest BCUT2D eigenvalue weighted by Crippen LogP contribution is -2.42. The highest BCUT2D eigenvalue weighted by Crippen LogP contribution is 2.13. The van der Waals surface area contributed by atoms with Crippen molar-refractivity contribution in [3.8, 4) is 0 Å². The quantitative estimate of drug-likeness (QED) is 0.711. The van der Waals surface area contributed by atoms with Crippen LogP contribution in [0.4, 0.5) is 5.69 Å². The monoisotopic (exact) mass is 271 g/mol. The van der Waals surface area contributed by atoms with Crippen molar-refractivity contribution in [3.63, 3.8) is 0 Å². The molecule has 6 heteroatoms. The predicted octanol–water partition coefficient (Wildman–Crippen LogP) is 0.932. The molecule has 1 aromatic carbocycles. The number of carbonyl (C=O) groups excluding carboxylic acids is 2. The molecule has 0 spiro atoms. The van der Waals surface area contributed by atoms with Crippen LogP contribution in [-0.4, -0.2) is 18.4 Å². The van der Waals surface area contributed by atoms with Crippen molar-refractivity contribution >= 4 is 29.9 Å². The van der Waals surface area contributed by atoms with E-state index in [-0.39, 0.29) is 24.9 Å². The van der Waals surface area contributed by atoms with Gasteiger partial charge in [0.1, 0.15) is 0 Å². The summed E-state index contributed by atoms with van der Waals surface area (Å²) < 4.78 is 0. The van der Waals surface area contributed by atoms with Crippen LogP contribution in [0.5, 0.6) is 0 Å². The highest BCUT2D eigenvalue weighted by molar-refractivity contribution is 5.95. The third-order valence-corrected chi connectivity index (χ3v) is 2.51. The SMILES string of the molecule is CC(C)(CNC(=O)c1cccc(N)c1)C(N)=O.Cl. The van der Waals surface area contributed by atoms with E-state index in [1.165, 1.54) is 0 Å². The van der Waals surface area contributed by atoms with E-state index in [1.54, 1.807) is 38.1 Å². The fraction of sp³-hybridized carbons (Fsp3) is 0.333. The highest BCUT2D eigenvalue weighted by Gasteiger charge is 2.25. The Labute approximate surface area is 112 Å². The minimum atomic E-state index is -0.768. The van der Waals surface area contributed by atoms with Gasteiger partial charge in [0.25, 0.3) is 5.91 Å². The van der Waals surface area contributed by atoms with Crippen LogP contribution in [-0.2, 0) is 4.79 Å². The highest BCUT2D eigenvalue weighted by atomic mass is 35.5. The number of nitrogens with two attached hydrogens (primary N) is 2. The van der Waals surface area contributed by atoms with Crippen molar-refractivity contribution in [3.05, 3.63) is 29.8 Å². The molecule has 5 N–H and O–H groups in total. The molecule has 100 valence electrons. The first-order valence-corrected chi connectivity index (χ1v) is 5.26. The van der Waals surface area contributed by atoms with Crippen molar-refractivity contribution < 1.29 is 9.59 Å². The molecular weight excluding hydrogens is 254 g/mol. The summed E-state index contributed by atoms with van der Waals surface area (Å²) in [5.41, 5.74) is 11.0. The maximum Gasteiger partial charge on any atom is 0.251 e. The molecule has 0 fully saturated rings. The summed E-state index contributed by atoms with van der Waals surface area (Å²) in [5.74, 6) is -0.725. The smallest absolute Gasteiger partial charge is 0.251 e. The summed E-state index contributed by atoms with van der Waals surface area (Å²) in [6, 6.07) is 6.63. The third kappa shape index (κ3) is 4.25. The molecule has 1 rings (SSSR count). The van der Waals surface area contributed by atoms with Crippen LogP contribution in [0.3, 0.4) is 0 Å². The summed E-state index contributed by atoms with van der Waals surface area (Å²) in [5, 5.41) is 2.65. The predicted molar refractivity (Wildman–Crippen MR) is 73.4 cm³/mol. The second-order valence-electron chi connectivity index (χ2n) is 4.56. The number of nitrogens with one attached hydrogen (secondary N) is 1. The molecule has 5 nitrogen and oxygen atoms in total. The Morgan fingerprint density at radius 2 is 1.94 bits per heavy atom. The average molecular weight is 272 g/mol. The van der Waals surface area contributed by atoms with E-state index in [0.717, 1.165) is 0 Å². The van der Waals surface area contributed by atoms with Crippen LogP contribution < -0.4 is 16.8 Å². The number of hydrogen-bond acceptors (Lipinski definition) is 3. The first kappa shape index (κ1) is 16.2. The van der Waals surface area contributed by atoms with E-state index in [4.69, 9.17) is 11.5 Å². The molecule has 0 aliphatic heterocycles. The van der Waals surface area contributed by atoms with Gasteiger partial charge < -0.3 is 16.8 Å². The van der Waals surface area contributed by atoms with Gasteiger partial charge in [-0.3, -0.25) is 9.59 Å². The maximum absolute atomic E-state index is 11.7. The summed E-state index contributed by atoms with van der Waals surface area (Å²) >= 11 is 0. The second kappa shape index (κ2) is 6.26. The van der Waals surface area contributed by atoms with Crippen molar-refractivity contribution in [2.45, 2.75) is 13.8 Å². The van der Waals surface area contributed by atoms with E-state index in [1.807, 2.05) is 0 Å². The van der Waals surface area contributed by atoms with E-state index in [9.17, 15) is 9.59 Å². The lowest BCUT2D eigenvalue weighted by molar-refractivity contribution is -0.125. The number of nitrogen functional groups attached to an aromatic ring is 1. The topological polar surface area (TPSA) is 98.2 Å². The molecule has 0 saturated heterocycles. The molecule has 2 amide bonds. The van der Waals surface area contributed by atoms with Crippen LogP contribution >= 0.6 is 12.4 Å². The van der Waals surface area contributed by atoms with Gasteiger partial charge in [-0.05, 0) is 32.0 Å². The van der Waals surface area contributed by atoms with Crippen molar-refractivity contribution in [2.75, 3.05) is 12.3 Å². The van der Waals surface area contributed by atoms with Crippen LogP contribution in [0.15, 0.2) is 24.3 Å². The number of hydrogen-bond donors (Lipinski definition) is 3. The van der Waals surface area contributed by atoms with Crippen molar-refractivity contribution in [1.82, 2.24) is 5.32 Å². The van der Waals surface area contributed by atoms with E-state index in [0.29, 0.717) is 11.3 Å². The van der Waals surface area contributed by atoms with Gasteiger partial charge in [0.05, 0.1) is 5.41 Å². The number of primary amides is 1. The lowest BCUT2D eigenvalue weighted by Gasteiger charge is -2.20. The Morgan fingerprint density at radius 3 is 2.44 bits per heavy atom. The molecule has 0 aromatic heterocycles. The minimum absolute atomic E-state index is 0. The van der Waals surface area contributed by atoms with E-state index in [2.05, 4.69) is 5.32 Å². The van der Waals surface area contributed by atoms with Gasteiger partial charge in [-0.1, -0.05) is 6.07 Å². The molecule has 1 aromatic rings. The first-order valence-electron chi connectivity index (χ1n) is 5.26. The van der Waals surface area contributed by atoms with Crippen molar-refractivity contribution in [1.29, 1.82) is 0 Å². The molecule has 0 unspecified atom stereocenters. The Kier molecular flexibility index (Phi) is 5.65. The largest absolute Gasteiger partial charge is 0.399 e. The molecule has 0 heterocycles. The van der Waals surface area contributed by atoms with E-state index < -0.39 is 11.3 Å². The Bertz CT molecular complexity index is 447. The molecule has 0 radical (unpaired) electrons. The van der Waals surface area contributed by atoms with Crippen molar-refractivity contribution in [2.24, 2.45) is 11.1 Å². The van der Waals surface area contributed by atoms with Gasteiger partial charge in [0.2, 0.25) is 5.91 Å². The fourth-order valence-electron chi connectivity index (χ4n) is 1.17. The fourth-order valence-corrected chi connectivity index (χ4v) is 1.17. The van der Waals surface area contributed by atoms with Crippen LogP contribution in [0, 0.1) is 5.41 Å². The third-order valence-electron chi connectivity index (χ3n) is 2.51. The normalized spacial score (nSPS) is 10.3. The van der Waals surface area contributed by atoms with Gasteiger partial charge in [0, 0.05) is 17.8 Å². The number of halogens is 1. The summed E-state index contributed by atoms with van der Waals surface area (Å²) in [6.45, 7) is 3.54.